The molecule has 1 fully saturated rings. The number of rotatable bonds is 8. The molecule has 1 aliphatic rings. The molecule has 3 heteroatoms. The Balaban J connectivity index is 2.10. The van der Waals surface area contributed by atoms with Gasteiger partial charge in [0.1, 0.15) is 5.75 Å². The molecule has 0 saturated carbocycles. The first kappa shape index (κ1) is 16.3. The normalized spacial score (nSPS) is 22.6. The molecule has 118 valence electrons. The molecule has 1 aromatic carbocycles. The molecule has 0 amide bonds. The zero-order chi connectivity index (χ0) is 15.1. The van der Waals surface area contributed by atoms with Gasteiger partial charge in [0.15, 0.2) is 0 Å². The number of hydrogen-bond acceptors (Lipinski definition) is 3. The second-order valence-corrected chi connectivity index (χ2v) is 6.00. The summed E-state index contributed by atoms with van der Waals surface area (Å²) in [5, 5.41) is 3.36. The minimum atomic E-state index is 0.553. The highest BCUT2D eigenvalue weighted by molar-refractivity contribution is 5.30. The molecule has 0 aromatic heterocycles. The SMILES string of the molecule is CCCOc1ccc(C2C(CNC)CCN2CCC)cc1. The van der Waals surface area contributed by atoms with Gasteiger partial charge in [0, 0.05) is 6.04 Å². The van der Waals surface area contributed by atoms with E-state index < -0.39 is 0 Å². The summed E-state index contributed by atoms with van der Waals surface area (Å²) in [6.45, 7) is 8.71. The van der Waals surface area contributed by atoms with Gasteiger partial charge in [0.2, 0.25) is 0 Å². The average Bonchev–Trinajstić information content (AvgIpc) is 2.89. The van der Waals surface area contributed by atoms with Gasteiger partial charge in [0.25, 0.3) is 0 Å². The average molecular weight is 290 g/mol. The van der Waals surface area contributed by atoms with Gasteiger partial charge in [0.05, 0.1) is 6.61 Å². The molecule has 2 unspecified atom stereocenters. The monoisotopic (exact) mass is 290 g/mol. The van der Waals surface area contributed by atoms with E-state index in [9.17, 15) is 0 Å². The number of nitrogens with one attached hydrogen (secondary N) is 1. The molecule has 0 radical (unpaired) electrons. The van der Waals surface area contributed by atoms with Gasteiger partial charge >= 0.3 is 0 Å². The highest BCUT2D eigenvalue weighted by atomic mass is 16.5. The van der Waals surface area contributed by atoms with E-state index in [0.29, 0.717) is 12.0 Å². The molecule has 1 heterocycles. The van der Waals surface area contributed by atoms with Crippen LogP contribution in [0.2, 0.25) is 0 Å². The van der Waals surface area contributed by atoms with E-state index in [-0.39, 0.29) is 0 Å². The Hall–Kier alpha value is -1.06. The lowest BCUT2D eigenvalue weighted by Crippen LogP contribution is -2.29. The Morgan fingerprint density at radius 1 is 1.19 bits per heavy atom. The molecule has 3 nitrogen and oxygen atoms in total. The fraction of sp³-hybridized carbons (Fsp3) is 0.667. The smallest absolute Gasteiger partial charge is 0.119 e. The van der Waals surface area contributed by atoms with Gasteiger partial charge in [-0.25, -0.2) is 0 Å². The lowest BCUT2D eigenvalue weighted by Gasteiger charge is -2.28. The van der Waals surface area contributed by atoms with Gasteiger partial charge in [-0.3, -0.25) is 4.90 Å². The van der Waals surface area contributed by atoms with E-state index in [0.717, 1.165) is 25.3 Å². The maximum Gasteiger partial charge on any atom is 0.119 e. The van der Waals surface area contributed by atoms with Crippen LogP contribution in [0.1, 0.15) is 44.7 Å². The lowest BCUT2D eigenvalue weighted by atomic mass is 9.93. The Kier molecular flexibility index (Phi) is 6.52. The van der Waals surface area contributed by atoms with Gasteiger partial charge in [-0.2, -0.15) is 0 Å². The van der Waals surface area contributed by atoms with Crippen LogP contribution in [0.3, 0.4) is 0 Å². The minimum absolute atomic E-state index is 0.553. The van der Waals surface area contributed by atoms with Gasteiger partial charge < -0.3 is 10.1 Å². The van der Waals surface area contributed by atoms with Crippen molar-refractivity contribution in [3.05, 3.63) is 29.8 Å². The fourth-order valence-corrected chi connectivity index (χ4v) is 3.40. The van der Waals surface area contributed by atoms with Crippen LogP contribution >= 0.6 is 0 Å². The summed E-state index contributed by atoms with van der Waals surface area (Å²) in [4.78, 5) is 2.64. The molecule has 21 heavy (non-hydrogen) atoms. The molecule has 1 saturated heterocycles. The third-order valence-electron chi connectivity index (χ3n) is 4.30. The first-order chi connectivity index (χ1) is 10.3. The molecular formula is C18H30N2O. The maximum atomic E-state index is 5.70. The van der Waals surface area contributed by atoms with Crippen molar-refractivity contribution in [2.75, 3.05) is 33.3 Å². The molecule has 2 atom stereocenters. The largest absolute Gasteiger partial charge is 0.494 e. The Labute approximate surface area is 129 Å². The zero-order valence-electron chi connectivity index (χ0n) is 13.8. The summed E-state index contributed by atoms with van der Waals surface area (Å²) in [5.41, 5.74) is 1.44. The van der Waals surface area contributed by atoms with Crippen molar-refractivity contribution in [2.45, 2.75) is 39.2 Å². The lowest BCUT2D eigenvalue weighted by molar-refractivity contribution is 0.227. The third-order valence-corrected chi connectivity index (χ3v) is 4.30. The van der Waals surface area contributed by atoms with E-state index in [4.69, 9.17) is 4.74 Å². The van der Waals surface area contributed by atoms with Crippen LogP contribution in [0.4, 0.5) is 0 Å². The van der Waals surface area contributed by atoms with E-state index in [2.05, 4.69) is 55.4 Å². The Morgan fingerprint density at radius 3 is 2.57 bits per heavy atom. The minimum Gasteiger partial charge on any atom is -0.494 e. The predicted molar refractivity (Wildman–Crippen MR) is 88.9 cm³/mol. The van der Waals surface area contributed by atoms with Crippen LogP contribution in [0, 0.1) is 5.92 Å². The molecule has 0 bridgehead atoms. The van der Waals surface area contributed by atoms with Crippen molar-refractivity contribution >= 4 is 0 Å². The highest BCUT2D eigenvalue weighted by Gasteiger charge is 2.34. The van der Waals surface area contributed by atoms with Crippen LogP contribution in [0.25, 0.3) is 0 Å². The summed E-state index contributed by atoms with van der Waals surface area (Å²) in [6.07, 6.45) is 3.57. The van der Waals surface area contributed by atoms with Crippen LogP contribution < -0.4 is 10.1 Å². The van der Waals surface area contributed by atoms with Crippen molar-refractivity contribution in [1.29, 1.82) is 0 Å². The molecule has 0 spiro atoms. The second-order valence-electron chi connectivity index (χ2n) is 6.00. The predicted octanol–water partition coefficient (Wildman–Crippen LogP) is 3.47. The van der Waals surface area contributed by atoms with Crippen molar-refractivity contribution < 1.29 is 4.74 Å². The Bertz CT molecular complexity index is 390. The first-order valence-corrected chi connectivity index (χ1v) is 8.41. The van der Waals surface area contributed by atoms with E-state index in [1.54, 1.807) is 0 Å². The van der Waals surface area contributed by atoms with Crippen LogP contribution in [0.5, 0.6) is 5.75 Å². The van der Waals surface area contributed by atoms with Crippen LogP contribution in [-0.4, -0.2) is 38.2 Å². The van der Waals surface area contributed by atoms with Crippen molar-refractivity contribution in [1.82, 2.24) is 10.2 Å². The molecular weight excluding hydrogens is 260 g/mol. The van der Waals surface area contributed by atoms with Crippen molar-refractivity contribution in [2.24, 2.45) is 5.92 Å². The molecule has 2 rings (SSSR count). The molecule has 1 N–H and O–H groups in total. The van der Waals surface area contributed by atoms with Crippen LogP contribution in [-0.2, 0) is 0 Å². The van der Waals surface area contributed by atoms with Crippen molar-refractivity contribution in [3.63, 3.8) is 0 Å². The quantitative estimate of drug-likeness (QED) is 0.793. The summed E-state index contributed by atoms with van der Waals surface area (Å²) in [5.74, 6) is 1.70. The number of likely N-dealkylation sites (tertiary alicyclic amines) is 1. The van der Waals surface area contributed by atoms with Crippen LogP contribution in [0.15, 0.2) is 24.3 Å². The molecule has 1 aromatic rings. The zero-order valence-corrected chi connectivity index (χ0v) is 13.8. The number of benzene rings is 1. The Morgan fingerprint density at radius 2 is 1.95 bits per heavy atom. The number of nitrogens with zero attached hydrogens (tertiary/aromatic N) is 1. The van der Waals surface area contributed by atoms with E-state index in [1.807, 2.05) is 0 Å². The van der Waals surface area contributed by atoms with E-state index in [1.165, 1.54) is 31.5 Å². The summed E-state index contributed by atoms with van der Waals surface area (Å²) in [7, 11) is 2.06. The molecule has 1 aliphatic heterocycles. The first-order valence-electron chi connectivity index (χ1n) is 8.41. The fourth-order valence-electron chi connectivity index (χ4n) is 3.40. The summed E-state index contributed by atoms with van der Waals surface area (Å²) in [6, 6.07) is 9.32. The van der Waals surface area contributed by atoms with E-state index >= 15 is 0 Å². The highest BCUT2D eigenvalue weighted by Crippen LogP contribution is 2.37. The number of ether oxygens (including phenoxy) is 1. The second kappa shape index (κ2) is 8.40. The van der Waals surface area contributed by atoms with Gasteiger partial charge in [-0.15, -0.1) is 0 Å². The third kappa shape index (κ3) is 4.21. The topological polar surface area (TPSA) is 24.5 Å². The summed E-state index contributed by atoms with van der Waals surface area (Å²) >= 11 is 0. The standard InChI is InChI=1S/C18H30N2O/c1-4-11-20-12-10-16(14-19-3)18(20)15-6-8-17(9-7-15)21-13-5-2/h6-9,16,18-19H,4-5,10-14H2,1-3H3. The maximum absolute atomic E-state index is 5.70. The number of hydrogen-bond donors (Lipinski definition) is 1. The summed E-state index contributed by atoms with van der Waals surface area (Å²) < 4.78 is 5.70. The van der Waals surface area contributed by atoms with Crippen molar-refractivity contribution in [3.8, 4) is 5.75 Å². The molecule has 0 aliphatic carbocycles. The van der Waals surface area contributed by atoms with Gasteiger partial charge in [-0.1, -0.05) is 26.0 Å². The van der Waals surface area contributed by atoms with Gasteiger partial charge in [-0.05, 0) is 69.6 Å².